The molecule has 0 aromatic heterocycles. The summed E-state index contributed by atoms with van der Waals surface area (Å²) in [5.41, 5.74) is 1.61. The van der Waals surface area contributed by atoms with Crippen LogP contribution in [0.25, 0.3) is 0 Å². The lowest BCUT2D eigenvalue weighted by Crippen LogP contribution is -2.29. The molecule has 27 heavy (non-hydrogen) atoms. The third-order valence-electron chi connectivity index (χ3n) is 4.63. The fourth-order valence-corrected chi connectivity index (χ4v) is 2.77. The molecule has 1 amide bonds. The molecular formula is C22H27NO4. The first kappa shape index (κ1) is 20.5. The second kappa shape index (κ2) is 9.76. The van der Waals surface area contributed by atoms with Crippen LogP contribution < -0.4 is 9.47 Å². The van der Waals surface area contributed by atoms with E-state index >= 15 is 0 Å². The number of nitrogens with zero attached hydrogens (tertiary/aromatic N) is 1. The molecule has 0 heterocycles. The average Bonchev–Trinajstić information content (AvgIpc) is 2.71. The zero-order chi connectivity index (χ0) is 19.8. The average molecular weight is 369 g/mol. The summed E-state index contributed by atoms with van der Waals surface area (Å²) in [6, 6.07) is 14.6. The number of ketones is 1. The van der Waals surface area contributed by atoms with E-state index in [4.69, 9.17) is 9.47 Å². The number of methoxy groups -OCH3 is 1. The van der Waals surface area contributed by atoms with Gasteiger partial charge in [-0.25, -0.2) is 0 Å². The summed E-state index contributed by atoms with van der Waals surface area (Å²) in [4.78, 5) is 26.5. The Morgan fingerprint density at radius 3 is 2.11 bits per heavy atom. The Hall–Kier alpha value is -2.82. The van der Waals surface area contributed by atoms with E-state index in [-0.39, 0.29) is 30.6 Å². The fraction of sp³-hybridized carbons (Fsp3) is 0.364. The highest BCUT2D eigenvalue weighted by molar-refractivity contribution is 5.98. The highest BCUT2D eigenvalue weighted by atomic mass is 16.5. The van der Waals surface area contributed by atoms with E-state index in [0.717, 1.165) is 17.1 Å². The molecule has 0 bridgehead atoms. The Morgan fingerprint density at radius 1 is 0.963 bits per heavy atom. The number of rotatable bonds is 9. The van der Waals surface area contributed by atoms with Crippen LogP contribution in [0.4, 0.5) is 0 Å². The quantitative estimate of drug-likeness (QED) is 0.619. The highest BCUT2D eigenvalue weighted by Crippen LogP contribution is 2.22. The molecule has 1 atom stereocenters. The van der Waals surface area contributed by atoms with E-state index in [0.29, 0.717) is 12.2 Å². The number of hydrogen-bond donors (Lipinski definition) is 0. The monoisotopic (exact) mass is 369 g/mol. The second-order valence-electron chi connectivity index (χ2n) is 6.33. The molecule has 0 saturated heterocycles. The molecule has 0 radical (unpaired) electrons. The zero-order valence-corrected chi connectivity index (χ0v) is 16.4. The molecule has 144 valence electrons. The minimum atomic E-state index is -0.0796. The lowest BCUT2D eigenvalue weighted by molar-refractivity contribution is -0.131. The van der Waals surface area contributed by atoms with Crippen LogP contribution >= 0.6 is 0 Å². The van der Waals surface area contributed by atoms with Gasteiger partial charge >= 0.3 is 0 Å². The van der Waals surface area contributed by atoms with Crippen molar-refractivity contribution in [1.82, 2.24) is 4.90 Å². The van der Waals surface area contributed by atoms with Gasteiger partial charge < -0.3 is 14.4 Å². The lowest BCUT2D eigenvalue weighted by atomic mass is 10.0. The number of amides is 1. The summed E-state index contributed by atoms with van der Waals surface area (Å²) >= 11 is 0. The van der Waals surface area contributed by atoms with Gasteiger partial charge in [-0.15, -0.1) is 0 Å². The van der Waals surface area contributed by atoms with Crippen molar-refractivity contribution in [3.8, 4) is 11.5 Å². The molecule has 0 fully saturated rings. The van der Waals surface area contributed by atoms with Gasteiger partial charge in [0.1, 0.15) is 11.5 Å². The summed E-state index contributed by atoms with van der Waals surface area (Å²) in [5, 5.41) is 0. The number of Topliss-reactive ketones (excluding diaryl/α,β-unsaturated/α-hetero) is 1. The van der Waals surface area contributed by atoms with Crippen LogP contribution in [0.1, 0.15) is 48.7 Å². The largest absolute Gasteiger partial charge is 0.497 e. The van der Waals surface area contributed by atoms with Crippen molar-refractivity contribution in [3.63, 3.8) is 0 Å². The molecule has 2 aromatic rings. The molecule has 0 N–H and O–H groups in total. The Morgan fingerprint density at radius 2 is 1.56 bits per heavy atom. The normalized spacial score (nSPS) is 11.6. The molecule has 0 aliphatic carbocycles. The van der Waals surface area contributed by atoms with E-state index in [1.54, 1.807) is 43.3 Å². The first-order chi connectivity index (χ1) is 13.0. The molecule has 5 nitrogen and oxygen atoms in total. The maximum atomic E-state index is 12.5. The Balaban J connectivity index is 1.90. The van der Waals surface area contributed by atoms with Gasteiger partial charge in [0.05, 0.1) is 19.8 Å². The molecule has 2 aromatic carbocycles. The number of carbonyl (C=O) groups is 2. The number of ether oxygens (including phenoxy) is 2. The summed E-state index contributed by atoms with van der Waals surface area (Å²) in [7, 11) is 3.38. The van der Waals surface area contributed by atoms with Gasteiger partial charge in [0.15, 0.2) is 5.78 Å². The van der Waals surface area contributed by atoms with Crippen molar-refractivity contribution < 1.29 is 19.1 Å². The van der Waals surface area contributed by atoms with Gasteiger partial charge in [0, 0.05) is 25.5 Å². The van der Waals surface area contributed by atoms with Crippen molar-refractivity contribution in [2.45, 2.75) is 32.7 Å². The van der Waals surface area contributed by atoms with Crippen molar-refractivity contribution in [3.05, 3.63) is 59.7 Å². The van der Waals surface area contributed by atoms with Crippen molar-refractivity contribution in [1.29, 1.82) is 0 Å². The minimum Gasteiger partial charge on any atom is -0.497 e. The predicted octanol–water partition coefficient (Wildman–Crippen LogP) is 4.28. The number of hydrogen-bond acceptors (Lipinski definition) is 4. The highest BCUT2D eigenvalue weighted by Gasteiger charge is 2.18. The Kier molecular flexibility index (Phi) is 7.41. The topological polar surface area (TPSA) is 55.8 Å². The van der Waals surface area contributed by atoms with Crippen LogP contribution in [0.5, 0.6) is 11.5 Å². The van der Waals surface area contributed by atoms with Gasteiger partial charge in [0.25, 0.3) is 0 Å². The minimum absolute atomic E-state index is 0.0445. The van der Waals surface area contributed by atoms with Gasteiger partial charge in [-0.1, -0.05) is 12.1 Å². The van der Waals surface area contributed by atoms with Gasteiger partial charge in [-0.3, -0.25) is 9.59 Å². The van der Waals surface area contributed by atoms with E-state index in [1.807, 2.05) is 38.1 Å². The summed E-state index contributed by atoms with van der Waals surface area (Å²) in [5.74, 6) is 1.41. The number of benzene rings is 2. The summed E-state index contributed by atoms with van der Waals surface area (Å²) in [6.45, 7) is 4.46. The molecule has 0 saturated carbocycles. The number of carbonyl (C=O) groups excluding carboxylic acids is 2. The van der Waals surface area contributed by atoms with Crippen molar-refractivity contribution in [2.24, 2.45) is 0 Å². The molecule has 0 aliphatic rings. The third-order valence-corrected chi connectivity index (χ3v) is 4.63. The van der Waals surface area contributed by atoms with E-state index in [2.05, 4.69) is 0 Å². The molecule has 1 unspecified atom stereocenters. The smallest absolute Gasteiger partial charge is 0.223 e. The Labute approximate surface area is 160 Å². The zero-order valence-electron chi connectivity index (χ0n) is 16.4. The first-order valence-corrected chi connectivity index (χ1v) is 9.12. The Bertz CT molecular complexity index is 753. The van der Waals surface area contributed by atoms with Crippen LogP contribution in [0.3, 0.4) is 0 Å². The molecule has 5 heteroatoms. The van der Waals surface area contributed by atoms with Gasteiger partial charge in [-0.05, 0) is 55.8 Å². The van der Waals surface area contributed by atoms with E-state index in [1.165, 1.54) is 0 Å². The first-order valence-electron chi connectivity index (χ1n) is 9.12. The third kappa shape index (κ3) is 5.58. The van der Waals surface area contributed by atoms with Crippen LogP contribution in [0, 0.1) is 0 Å². The molecule has 2 rings (SSSR count). The SMILES string of the molecule is CCOc1ccc(C(=O)CCC(=O)N(C)C(C)c2ccc(OC)cc2)cc1. The van der Waals surface area contributed by atoms with Crippen molar-refractivity contribution >= 4 is 11.7 Å². The van der Waals surface area contributed by atoms with Gasteiger partial charge in [-0.2, -0.15) is 0 Å². The van der Waals surface area contributed by atoms with Crippen LogP contribution in [0.15, 0.2) is 48.5 Å². The van der Waals surface area contributed by atoms with Crippen LogP contribution in [0.2, 0.25) is 0 Å². The summed E-state index contributed by atoms with van der Waals surface area (Å²) in [6.07, 6.45) is 0.371. The van der Waals surface area contributed by atoms with E-state index < -0.39 is 0 Å². The molecule has 0 aliphatic heterocycles. The standard InChI is InChI=1S/C22H27NO4/c1-5-27-20-12-8-18(9-13-20)21(24)14-15-22(25)23(3)16(2)17-6-10-19(26-4)11-7-17/h6-13,16H,5,14-15H2,1-4H3. The molecular weight excluding hydrogens is 342 g/mol. The van der Waals surface area contributed by atoms with E-state index in [9.17, 15) is 9.59 Å². The maximum absolute atomic E-state index is 12.5. The maximum Gasteiger partial charge on any atom is 0.223 e. The fourth-order valence-electron chi connectivity index (χ4n) is 2.77. The second-order valence-corrected chi connectivity index (χ2v) is 6.33. The van der Waals surface area contributed by atoms with Gasteiger partial charge in [0.2, 0.25) is 5.91 Å². The predicted molar refractivity (Wildman–Crippen MR) is 105 cm³/mol. The summed E-state index contributed by atoms with van der Waals surface area (Å²) < 4.78 is 10.5. The van der Waals surface area contributed by atoms with Crippen molar-refractivity contribution in [2.75, 3.05) is 20.8 Å². The van der Waals surface area contributed by atoms with Crippen LogP contribution in [-0.2, 0) is 4.79 Å². The van der Waals surface area contributed by atoms with Crippen LogP contribution in [-0.4, -0.2) is 37.4 Å². The molecule has 0 spiro atoms. The lowest BCUT2D eigenvalue weighted by Gasteiger charge is -2.25.